The Bertz CT molecular complexity index is 1390. The molecule has 0 bridgehead atoms. The molecule has 0 spiro atoms. The first-order chi connectivity index (χ1) is 20.2. The van der Waals surface area contributed by atoms with Gasteiger partial charge in [0.2, 0.25) is 0 Å². The fourth-order valence-electron chi connectivity index (χ4n) is 3.84. The van der Waals surface area contributed by atoms with Gasteiger partial charge in [0, 0.05) is 38.1 Å². The van der Waals surface area contributed by atoms with Crippen molar-refractivity contribution in [2.45, 2.75) is 31.3 Å². The van der Waals surface area contributed by atoms with Crippen LogP contribution in [0, 0.1) is 11.3 Å². The summed E-state index contributed by atoms with van der Waals surface area (Å²) >= 11 is 0. The van der Waals surface area contributed by atoms with Gasteiger partial charge in [0.05, 0.1) is 12.2 Å². The number of pyridine rings is 2. The molecule has 1 saturated heterocycles. The Morgan fingerprint density at radius 2 is 1.88 bits per heavy atom. The number of imidazole rings is 1. The van der Waals surface area contributed by atoms with Crippen molar-refractivity contribution in [2.75, 3.05) is 45.4 Å². The highest BCUT2D eigenvalue weighted by Crippen LogP contribution is 2.29. The van der Waals surface area contributed by atoms with Gasteiger partial charge in [-0.2, -0.15) is 5.26 Å². The fourth-order valence-corrected chi connectivity index (χ4v) is 3.84. The molecule has 5 N–H and O–H groups in total. The van der Waals surface area contributed by atoms with Crippen LogP contribution in [0.2, 0.25) is 0 Å². The lowest BCUT2D eigenvalue weighted by Crippen LogP contribution is -2.34. The van der Waals surface area contributed by atoms with Crippen molar-refractivity contribution in [1.29, 1.82) is 5.26 Å². The summed E-state index contributed by atoms with van der Waals surface area (Å²) in [5.41, 5.74) is 1.71. The van der Waals surface area contributed by atoms with Crippen LogP contribution in [0.3, 0.4) is 0 Å². The number of anilines is 1. The monoisotopic (exact) mass is 585 g/mol. The third-order valence-electron chi connectivity index (χ3n) is 6.04. The number of fused-ring (bicyclic) bond motifs is 1. The Balaban J connectivity index is 0.000000730. The summed E-state index contributed by atoms with van der Waals surface area (Å²) in [6.45, 7) is 2.23. The summed E-state index contributed by atoms with van der Waals surface area (Å²) in [4.78, 5) is 42.9. The maximum atomic E-state index is 11.1. The molecule has 3 aromatic heterocycles. The SMILES string of the molecule is CNC(CCOCCOc1cc2ncn(-c3ccc(C#N)cn3)c2nc1NC1CCOCC1)C(=O)O.O=C(O)C(=O)O. The van der Waals surface area contributed by atoms with E-state index in [0.717, 1.165) is 12.8 Å². The number of hydrogen-bond acceptors (Lipinski definition) is 12. The Kier molecular flexibility index (Phi) is 11.9. The number of nitriles is 1. The maximum Gasteiger partial charge on any atom is 0.414 e. The zero-order valence-corrected chi connectivity index (χ0v) is 22.7. The number of carbonyl (C=O) groups is 3. The Hall–Kier alpha value is -4.85. The molecular formula is C26H31N7O9. The minimum atomic E-state index is -1.82. The largest absolute Gasteiger partial charge is 0.487 e. The number of nitrogens with zero attached hydrogens (tertiary/aromatic N) is 5. The average molecular weight is 586 g/mol. The van der Waals surface area contributed by atoms with Gasteiger partial charge in [-0.3, -0.25) is 9.36 Å². The van der Waals surface area contributed by atoms with Gasteiger partial charge >= 0.3 is 17.9 Å². The number of rotatable bonds is 12. The van der Waals surface area contributed by atoms with Gasteiger partial charge in [-0.05, 0) is 38.4 Å². The van der Waals surface area contributed by atoms with E-state index in [1.54, 1.807) is 30.1 Å². The van der Waals surface area contributed by atoms with Gasteiger partial charge in [-0.25, -0.2) is 24.5 Å². The maximum absolute atomic E-state index is 11.1. The van der Waals surface area contributed by atoms with E-state index in [2.05, 4.69) is 26.7 Å². The lowest BCUT2D eigenvalue weighted by Gasteiger charge is -2.24. The molecule has 224 valence electrons. The van der Waals surface area contributed by atoms with Crippen LogP contribution in [-0.4, -0.2) is 105 Å². The molecule has 16 heteroatoms. The van der Waals surface area contributed by atoms with Crippen LogP contribution < -0.4 is 15.4 Å². The first kappa shape index (κ1) is 31.7. The van der Waals surface area contributed by atoms with Crippen LogP contribution in [0.1, 0.15) is 24.8 Å². The first-order valence-corrected chi connectivity index (χ1v) is 12.9. The summed E-state index contributed by atoms with van der Waals surface area (Å²) < 4.78 is 18.8. The fraction of sp³-hybridized carbons (Fsp3) is 0.423. The lowest BCUT2D eigenvalue weighted by molar-refractivity contribution is -0.159. The average Bonchev–Trinajstić information content (AvgIpc) is 3.40. The highest BCUT2D eigenvalue weighted by Gasteiger charge is 2.19. The van der Waals surface area contributed by atoms with E-state index in [9.17, 15) is 4.79 Å². The smallest absolute Gasteiger partial charge is 0.414 e. The predicted octanol–water partition coefficient (Wildman–Crippen LogP) is 0.892. The van der Waals surface area contributed by atoms with Crippen molar-refractivity contribution >= 4 is 34.9 Å². The number of hydrogen-bond donors (Lipinski definition) is 5. The molecule has 3 aromatic rings. The Morgan fingerprint density at radius 3 is 2.48 bits per heavy atom. The number of carboxylic acid groups (broad SMARTS) is 3. The summed E-state index contributed by atoms with van der Waals surface area (Å²) in [5, 5.41) is 39.1. The summed E-state index contributed by atoms with van der Waals surface area (Å²) in [6, 6.07) is 6.88. The van der Waals surface area contributed by atoms with Crippen molar-refractivity contribution in [3.63, 3.8) is 0 Å². The van der Waals surface area contributed by atoms with Crippen molar-refractivity contribution in [2.24, 2.45) is 0 Å². The van der Waals surface area contributed by atoms with Gasteiger partial charge in [-0.15, -0.1) is 0 Å². The van der Waals surface area contributed by atoms with Crippen molar-refractivity contribution in [3.8, 4) is 17.6 Å². The van der Waals surface area contributed by atoms with Gasteiger partial charge < -0.3 is 40.2 Å². The summed E-state index contributed by atoms with van der Waals surface area (Å²) in [6.07, 6.45) is 5.22. The number of nitrogens with one attached hydrogen (secondary N) is 2. The molecule has 1 aliphatic rings. The minimum Gasteiger partial charge on any atom is -0.487 e. The van der Waals surface area contributed by atoms with Crippen molar-refractivity contribution in [1.82, 2.24) is 24.8 Å². The molecule has 42 heavy (non-hydrogen) atoms. The molecule has 4 rings (SSSR count). The summed E-state index contributed by atoms with van der Waals surface area (Å²) in [7, 11) is 1.61. The highest BCUT2D eigenvalue weighted by atomic mass is 16.5. The molecule has 16 nitrogen and oxygen atoms in total. The second kappa shape index (κ2) is 15.8. The standard InChI is InChI=1S/C24H29N7O5.C2H2O4/c1-26-18(24(32)33)6-9-35-10-11-36-20-12-19-23(30-22(20)29-17-4-7-34-8-5-17)31(15-28-19)21-3-2-16(13-25)14-27-21;3-1(4)2(5)6/h2-3,12,14-15,17-18,26H,4-11H2,1H3,(H,29,30)(H,32,33);(H,3,4)(H,5,6). The molecule has 1 fully saturated rings. The lowest BCUT2D eigenvalue weighted by atomic mass is 10.1. The van der Waals surface area contributed by atoms with E-state index in [0.29, 0.717) is 67.0 Å². The van der Waals surface area contributed by atoms with E-state index in [1.165, 1.54) is 6.20 Å². The topological polar surface area (TPSA) is 231 Å². The highest BCUT2D eigenvalue weighted by molar-refractivity contribution is 6.27. The molecule has 0 radical (unpaired) electrons. The Morgan fingerprint density at radius 1 is 1.14 bits per heavy atom. The number of likely N-dealkylation sites (N-methyl/N-ethyl adjacent to an activating group) is 1. The molecule has 1 aliphatic heterocycles. The zero-order chi connectivity index (χ0) is 30.5. The van der Waals surface area contributed by atoms with E-state index in [4.69, 9.17) is 49.4 Å². The van der Waals surface area contributed by atoms with Crippen LogP contribution >= 0.6 is 0 Å². The summed E-state index contributed by atoms with van der Waals surface area (Å²) in [5.74, 6) is -2.81. The van der Waals surface area contributed by atoms with Crippen molar-refractivity contribution in [3.05, 3.63) is 36.3 Å². The quantitative estimate of drug-likeness (QED) is 0.147. The molecule has 0 amide bonds. The second-order valence-corrected chi connectivity index (χ2v) is 8.88. The number of carboxylic acids is 3. The van der Waals surface area contributed by atoms with Crippen LogP contribution in [0.25, 0.3) is 17.0 Å². The molecule has 1 unspecified atom stereocenters. The predicted molar refractivity (Wildman–Crippen MR) is 146 cm³/mol. The van der Waals surface area contributed by atoms with E-state index < -0.39 is 23.9 Å². The van der Waals surface area contributed by atoms with E-state index in [1.807, 2.05) is 6.07 Å². The van der Waals surface area contributed by atoms with Crippen molar-refractivity contribution < 1.29 is 43.9 Å². The number of aliphatic carboxylic acids is 3. The third-order valence-corrected chi connectivity index (χ3v) is 6.04. The van der Waals surface area contributed by atoms with Gasteiger partial charge in [0.25, 0.3) is 0 Å². The molecule has 0 aliphatic carbocycles. The Labute approximate surface area is 239 Å². The molecule has 4 heterocycles. The van der Waals surface area contributed by atoms with Gasteiger partial charge in [-0.1, -0.05) is 0 Å². The minimum absolute atomic E-state index is 0.196. The van der Waals surface area contributed by atoms with Crippen LogP contribution in [0.15, 0.2) is 30.7 Å². The van der Waals surface area contributed by atoms with Gasteiger partial charge in [0.1, 0.15) is 36.4 Å². The second-order valence-electron chi connectivity index (χ2n) is 8.88. The van der Waals surface area contributed by atoms with E-state index >= 15 is 0 Å². The zero-order valence-electron chi connectivity index (χ0n) is 22.7. The molecule has 0 saturated carbocycles. The number of ether oxygens (including phenoxy) is 3. The molecule has 1 atom stereocenters. The van der Waals surface area contributed by atoms with Gasteiger partial charge in [0.15, 0.2) is 17.2 Å². The molecular weight excluding hydrogens is 554 g/mol. The normalized spacial score (nSPS) is 13.8. The van der Waals surface area contributed by atoms with Crippen LogP contribution in [-0.2, 0) is 23.9 Å². The third kappa shape index (κ3) is 9.09. The van der Waals surface area contributed by atoms with Crippen LogP contribution in [0.5, 0.6) is 5.75 Å². The van der Waals surface area contributed by atoms with Crippen LogP contribution in [0.4, 0.5) is 5.82 Å². The molecule has 0 aromatic carbocycles. The first-order valence-electron chi connectivity index (χ1n) is 12.9. The van der Waals surface area contributed by atoms with E-state index in [-0.39, 0.29) is 12.6 Å². The number of aromatic nitrogens is 4.